The molecule has 36 heavy (non-hydrogen) atoms. The third kappa shape index (κ3) is 5.31. The van der Waals surface area contributed by atoms with Gasteiger partial charge in [-0.05, 0) is 23.7 Å². The predicted molar refractivity (Wildman–Crippen MR) is 140 cm³/mol. The highest BCUT2D eigenvalue weighted by Gasteiger charge is 2.54. The van der Waals surface area contributed by atoms with E-state index in [1.165, 1.54) is 58.2 Å². The zero-order chi connectivity index (χ0) is 25.8. The van der Waals surface area contributed by atoms with Crippen LogP contribution < -0.4 is 16.8 Å². The molecule has 4 heterocycles. The van der Waals surface area contributed by atoms with Gasteiger partial charge < -0.3 is 27.1 Å². The number of nitrogens with zero attached hydrogens (tertiary/aromatic N) is 4. The minimum Gasteiger partial charge on any atom is -0.477 e. The van der Waals surface area contributed by atoms with Crippen LogP contribution in [-0.4, -0.2) is 77.5 Å². The van der Waals surface area contributed by atoms with Crippen LogP contribution in [0.5, 0.6) is 0 Å². The highest BCUT2D eigenvalue weighted by Crippen LogP contribution is 2.46. The van der Waals surface area contributed by atoms with Crippen LogP contribution in [0.1, 0.15) is 11.3 Å². The molecule has 2 atom stereocenters. The summed E-state index contributed by atoms with van der Waals surface area (Å²) in [5.41, 5.74) is 11.7. The molecule has 12 nitrogen and oxygen atoms in total. The van der Waals surface area contributed by atoms with E-state index < -0.39 is 34.9 Å². The van der Waals surface area contributed by atoms with Gasteiger partial charge in [0.1, 0.15) is 28.6 Å². The van der Waals surface area contributed by atoms with Gasteiger partial charge in [-0.25, -0.2) is 9.78 Å². The number of carbonyl (C=O) groups is 3. The summed E-state index contributed by atoms with van der Waals surface area (Å²) in [7, 11) is 0. The Labute approximate surface area is 222 Å². The summed E-state index contributed by atoms with van der Waals surface area (Å²) < 4.78 is 5.09. The number of carbonyl (C=O) groups excluding carboxylic acids is 2. The molecule has 0 unspecified atom stereocenters. The molecule has 0 saturated carbocycles. The van der Waals surface area contributed by atoms with Gasteiger partial charge in [-0.1, -0.05) is 23.0 Å². The minimum atomic E-state index is -1.23. The van der Waals surface area contributed by atoms with Crippen molar-refractivity contribution in [3.05, 3.63) is 46.3 Å². The van der Waals surface area contributed by atoms with Gasteiger partial charge >= 0.3 is 5.97 Å². The Bertz CT molecular complexity index is 1250. The number of aliphatic carboxylic acids is 1. The van der Waals surface area contributed by atoms with Gasteiger partial charge in [0.25, 0.3) is 11.8 Å². The molecule has 0 spiro atoms. The van der Waals surface area contributed by atoms with E-state index in [1.807, 2.05) is 0 Å². The number of aromatic nitrogens is 2. The molecule has 2 aromatic heterocycles. The summed E-state index contributed by atoms with van der Waals surface area (Å²) in [4.78, 5) is 43.5. The van der Waals surface area contributed by atoms with Crippen molar-refractivity contribution in [3.8, 4) is 0 Å². The summed E-state index contributed by atoms with van der Waals surface area (Å²) in [5.74, 6) is -0.680. The van der Waals surface area contributed by atoms with Crippen LogP contribution in [0.25, 0.3) is 0 Å². The number of thioether (sulfide) groups is 3. The van der Waals surface area contributed by atoms with Crippen LogP contribution in [0.2, 0.25) is 0 Å². The lowest BCUT2D eigenvalue weighted by Gasteiger charge is -2.49. The Kier molecular flexibility index (Phi) is 8.40. The van der Waals surface area contributed by atoms with Crippen molar-refractivity contribution in [2.45, 2.75) is 21.4 Å². The van der Waals surface area contributed by atoms with E-state index in [2.05, 4.69) is 19.8 Å². The van der Waals surface area contributed by atoms with Crippen LogP contribution in [0.3, 0.4) is 0 Å². The number of fused-ring (bicyclic) bond motifs is 1. The standard InChI is InChI=1S/C20H21N7O5S4/c21-4-5-33-7-9-6-23-36-20(9)35-11-8-34-18-14(17(29)27(18)15(11)19(30)31)25-16(28)13(26-32)10-2-1-3-12(22)24-10/h1-3,6,14,18,32H,4-5,7-8,21H2,(H2,22,24)(H,25,28)(H,30,31)/b26-13-/t14-,18+/m1/s1. The fourth-order valence-electron chi connectivity index (χ4n) is 3.48. The summed E-state index contributed by atoms with van der Waals surface area (Å²) in [5, 5.41) is 24.2. The minimum absolute atomic E-state index is 0.0321. The first kappa shape index (κ1) is 26.3. The van der Waals surface area contributed by atoms with Crippen LogP contribution in [0.4, 0.5) is 5.82 Å². The molecular formula is C20H21N7O5S4. The van der Waals surface area contributed by atoms with Crippen LogP contribution in [0.15, 0.2) is 44.4 Å². The third-order valence-corrected chi connectivity index (χ3v) is 9.74. The van der Waals surface area contributed by atoms with E-state index >= 15 is 0 Å². The molecule has 1 fully saturated rings. The molecule has 2 aromatic rings. The lowest BCUT2D eigenvalue weighted by atomic mass is 10.0. The van der Waals surface area contributed by atoms with Crippen LogP contribution >= 0.6 is 46.8 Å². The van der Waals surface area contributed by atoms with Crippen LogP contribution in [0, 0.1) is 0 Å². The highest BCUT2D eigenvalue weighted by atomic mass is 32.2. The maximum atomic E-state index is 13.0. The number of amides is 2. The molecule has 4 rings (SSSR count). The summed E-state index contributed by atoms with van der Waals surface area (Å²) in [6.45, 7) is 0.563. The molecular weight excluding hydrogens is 547 g/mol. The number of pyridine rings is 1. The van der Waals surface area contributed by atoms with E-state index in [9.17, 15) is 24.7 Å². The van der Waals surface area contributed by atoms with Crippen molar-refractivity contribution < 1.29 is 24.7 Å². The normalized spacial score (nSPS) is 19.6. The topological polar surface area (TPSA) is 197 Å². The number of anilines is 1. The van der Waals surface area contributed by atoms with Crippen LogP contribution in [-0.2, 0) is 20.1 Å². The summed E-state index contributed by atoms with van der Waals surface area (Å²) in [6, 6.07) is 3.49. The van der Waals surface area contributed by atoms with Gasteiger partial charge in [-0.3, -0.25) is 14.5 Å². The van der Waals surface area contributed by atoms with Crippen molar-refractivity contribution in [1.29, 1.82) is 0 Å². The summed E-state index contributed by atoms with van der Waals surface area (Å²) in [6.07, 6.45) is 1.76. The Hall–Kier alpha value is -2.79. The molecule has 190 valence electrons. The van der Waals surface area contributed by atoms with E-state index in [0.717, 1.165) is 15.5 Å². The van der Waals surface area contributed by atoms with Gasteiger partial charge in [0.2, 0.25) is 0 Å². The number of nitrogens with two attached hydrogens (primary N) is 2. The highest BCUT2D eigenvalue weighted by molar-refractivity contribution is 8.07. The molecule has 0 radical (unpaired) electrons. The third-order valence-electron chi connectivity index (χ3n) is 5.09. The molecule has 0 bridgehead atoms. The Balaban J connectivity index is 1.50. The zero-order valence-electron chi connectivity index (χ0n) is 18.5. The van der Waals surface area contributed by atoms with E-state index in [0.29, 0.717) is 23.0 Å². The first-order chi connectivity index (χ1) is 17.3. The SMILES string of the molecule is NCCSCc1cnsc1SC1=C(C(=O)O)N2C(=O)[C@@H](NC(=O)/C(=N\O)c3cccc(N)n3)[C@@H]2SC1. The fraction of sp³-hybridized carbons (Fsp3) is 0.300. The second-order valence-electron chi connectivity index (χ2n) is 7.42. The van der Waals surface area contributed by atoms with Crippen molar-refractivity contribution in [2.24, 2.45) is 10.9 Å². The molecule has 2 amide bonds. The monoisotopic (exact) mass is 567 g/mol. The zero-order valence-corrected chi connectivity index (χ0v) is 21.8. The van der Waals surface area contributed by atoms with Gasteiger partial charge in [-0.15, -0.1) is 11.8 Å². The first-order valence-corrected chi connectivity index (χ1v) is 14.2. The number of carboxylic acids is 1. The molecule has 0 aromatic carbocycles. The Morgan fingerprint density at radius 3 is 2.86 bits per heavy atom. The molecule has 0 aliphatic carbocycles. The molecule has 2 aliphatic rings. The summed E-state index contributed by atoms with van der Waals surface area (Å²) >= 11 is 5.56. The lowest BCUT2D eigenvalue weighted by molar-refractivity contribution is -0.150. The Morgan fingerprint density at radius 1 is 1.36 bits per heavy atom. The van der Waals surface area contributed by atoms with Crippen molar-refractivity contribution >= 4 is 76.1 Å². The number of nitrogen functional groups attached to an aromatic ring is 1. The number of oxime groups is 1. The fourth-order valence-corrected chi connectivity index (χ4v) is 7.91. The average Bonchev–Trinajstić information content (AvgIpc) is 3.29. The van der Waals surface area contributed by atoms with Gasteiger partial charge in [0.05, 0.1) is 4.21 Å². The Morgan fingerprint density at radius 2 is 2.17 bits per heavy atom. The van der Waals surface area contributed by atoms with Gasteiger partial charge in [0.15, 0.2) is 5.71 Å². The lowest BCUT2D eigenvalue weighted by Crippen LogP contribution is -2.71. The number of carboxylic acid groups (broad SMARTS) is 1. The number of rotatable bonds is 10. The number of hydrogen-bond donors (Lipinski definition) is 5. The smallest absolute Gasteiger partial charge is 0.353 e. The van der Waals surface area contributed by atoms with Gasteiger partial charge in [-0.2, -0.15) is 16.1 Å². The quantitative estimate of drug-likeness (QED) is 0.0898. The molecule has 7 N–H and O–H groups in total. The predicted octanol–water partition coefficient (Wildman–Crippen LogP) is 0.979. The van der Waals surface area contributed by atoms with E-state index in [-0.39, 0.29) is 17.2 Å². The second kappa shape index (κ2) is 11.5. The van der Waals surface area contributed by atoms with Crippen molar-refractivity contribution in [1.82, 2.24) is 19.6 Å². The molecule has 2 aliphatic heterocycles. The molecule has 16 heteroatoms. The average molecular weight is 568 g/mol. The number of hydrogen-bond acceptors (Lipinski definition) is 13. The maximum absolute atomic E-state index is 13.0. The van der Waals surface area contributed by atoms with E-state index in [4.69, 9.17) is 11.5 Å². The second-order valence-corrected chi connectivity index (χ2v) is 11.8. The largest absolute Gasteiger partial charge is 0.477 e. The maximum Gasteiger partial charge on any atom is 0.353 e. The van der Waals surface area contributed by atoms with Crippen molar-refractivity contribution in [3.63, 3.8) is 0 Å². The number of β-lactam (4-membered cyclic amide) rings is 1. The number of nitrogens with one attached hydrogen (secondary N) is 1. The van der Waals surface area contributed by atoms with E-state index in [1.54, 1.807) is 18.0 Å². The molecule has 1 saturated heterocycles. The van der Waals surface area contributed by atoms with Gasteiger partial charge in [0, 0.05) is 40.5 Å². The first-order valence-electron chi connectivity index (χ1n) is 10.4. The van der Waals surface area contributed by atoms with Crippen molar-refractivity contribution in [2.75, 3.05) is 23.8 Å².